The van der Waals surface area contributed by atoms with Crippen LogP contribution in [0.1, 0.15) is 19.4 Å². The van der Waals surface area contributed by atoms with Gasteiger partial charge in [0.05, 0.1) is 11.6 Å². The number of thioether (sulfide) groups is 1. The molecular formula is C14H20N2O3S. The highest BCUT2D eigenvalue weighted by molar-refractivity contribution is 7.99. The number of benzene rings is 1. The standard InChI is InChI=1S/C14H20N2O3S/c1-11(2)16-14(18)15-10-20-9-13(17)19-8-12-6-4-3-5-7-12/h3-7,11H,8-10H2,1-2H3,(H2,15,16,18). The van der Waals surface area contributed by atoms with E-state index >= 15 is 0 Å². The fraction of sp³-hybridized carbons (Fsp3) is 0.429. The van der Waals surface area contributed by atoms with Gasteiger partial charge in [0.1, 0.15) is 6.61 Å². The fourth-order valence-corrected chi connectivity index (χ4v) is 1.93. The van der Waals surface area contributed by atoms with Crippen LogP contribution >= 0.6 is 11.8 Å². The molecule has 0 fully saturated rings. The monoisotopic (exact) mass is 296 g/mol. The average molecular weight is 296 g/mol. The van der Waals surface area contributed by atoms with Gasteiger partial charge in [-0.15, -0.1) is 11.8 Å². The van der Waals surface area contributed by atoms with Crippen molar-refractivity contribution in [1.29, 1.82) is 0 Å². The van der Waals surface area contributed by atoms with Gasteiger partial charge in [-0.1, -0.05) is 30.3 Å². The van der Waals surface area contributed by atoms with Crippen molar-refractivity contribution in [3.63, 3.8) is 0 Å². The zero-order valence-electron chi connectivity index (χ0n) is 11.7. The van der Waals surface area contributed by atoms with Crippen LogP contribution in [0, 0.1) is 0 Å². The largest absolute Gasteiger partial charge is 0.460 e. The summed E-state index contributed by atoms with van der Waals surface area (Å²) < 4.78 is 5.11. The Bertz CT molecular complexity index is 424. The molecule has 0 spiro atoms. The number of hydrogen-bond donors (Lipinski definition) is 2. The first-order valence-electron chi connectivity index (χ1n) is 6.39. The maximum absolute atomic E-state index is 11.5. The number of carbonyl (C=O) groups is 2. The number of esters is 1. The molecule has 20 heavy (non-hydrogen) atoms. The predicted molar refractivity (Wildman–Crippen MR) is 80.4 cm³/mol. The van der Waals surface area contributed by atoms with Crippen LogP contribution in [0.15, 0.2) is 30.3 Å². The van der Waals surface area contributed by atoms with Crippen LogP contribution in [-0.2, 0) is 16.1 Å². The highest BCUT2D eigenvalue weighted by Crippen LogP contribution is 2.03. The van der Waals surface area contributed by atoms with Crippen molar-refractivity contribution in [2.75, 3.05) is 11.6 Å². The Labute approximate surface area is 123 Å². The van der Waals surface area contributed by atoms with Gasteiger partial charge < -0.3 is 15.4 Å². The van der Waals surface area contributed by atoms with Crippen LogP contribution < -0.4 is 10.6 Å². The van der Waals surface area contributed by atoms with Crippen LogP contribution in [0.25, 0.3) is 0 Å². The summed E-state index contributed by atoms with van der Waals surface area (Å²) in [6.45, 7) is 4.04. The Balaban J connectivity index is 2.07. The molecule has 2 N–H and O–H groups in total. The minimum Gasteiger partial charge on any atom is -0.460 e. The van der Waals surface area contributed by atoms with Crippen molar-refractivity contribution in [2.45, 2.75) is 26.5 Å². The van der Waals surface area contributed by atoms with Gasteiger partial charge >= 0.3 is 12.0 Å². The van der Waals surface area contributed by atoms with Gasteiger partial charge in [0, 0.05) is 6.04 Å². The Morgan fingerprint density at radius 2 is 1.95 bits per heavy atom. The van der Waals surface area contributed by atoms with Gasteiger partial charge in [-0.05, 0) is 19.4 Å². The van der Waals surface area contributed by atoms with Gasteiger partial charge in [0.25, 0.3) is 0 Å². The quantitative estimate of drug-likeness (QED) is 0.459. The molecule has 110 valence electrons. The maximum atomic E-state index is 11.5. The molecule has 0 radical (unpaired) electrons. The molecule has 1 rings (SSSR count). The number of hydrogen-bond acceptors (Lipinski definition) is 4. The van der Waals surface area contributed by atoms with Crippen molar-refractivity contribution in [3.05, 3.63) is 35.9 Å². The predicted octanol–water partition coefficient (Wildman–Crippen LogP) is 2.13. The topological polar surface area (TPSA) is 67.4 Å². The molecule has 2 amide bonds. The lowest BCUT2D eigenvalue weighted by Gasteiger charge is -2.09. The molecule has 0 bridgehead atoms. The highest BCUT2D eigenvalue weighted by Gasteiger charge is 2.05. The summed E-state index contributed by atoms with van der Waals surface area (Å²) in [5.74, 6) is 0.304. The molecular weight excluding hydrogens is 276 g/mol. The second-order valence-electron chi connectivity index (χ2n) is 4.44. The third-order valence-electron chi connectivity index (χ3n) is 2.22. The number of rotatable bonds is 7. The van der Waals surface area contributed by atoms with Gasteiger partial charge in [-0.25, -0.2) is 4.79 Å². The molecule has 0 atom stereocenters. The lowest BCUT2D eigenvalue weighted by atomic mass is 10.2. The summed E-state index contributed by atoms with van der Waals surface area (Å²) in [5.41, 5.74) is 0.959. The number of urea groups is 1. The van der Waals surface area contributed by atoms with Crippen LogP contribution in [0.3, 0.4) is 0 Å². The van der Waals surface area contributed by atoms with E-state index in [1.165, 1.54) is 11.8 Å². The van der Waals surface area contributed by atoms with E-state index in [1.807, 2.05) is 44.2 Å². The van der Waals surface area contributed by atoms with Crippen molar-refractivity contribution < 1.29 is 14.3 Å². The van der Waals surface area contributed by atoms with Crippen LogP contribution in [0.2, 0.25) is 0 Å². The molecule has 0 heterocycles. The summed E-state index contributed by atoms with van der Waals surface area (Å²) in [7, 11) is 0. The molecule has 5 nitrogen and oxygen atoms in total. The van der Waals surface area contributed by atoms with Gasteiger partial charge in [0.15, 0.2) is 0 Å². The molecule has 0 aromatic heterocycles. The van der Waals surface area contributed by atoms with E-state index in [4.69, 9.17) is 4.74 Å². The Morgan fingerprint density at radius 1 is 1.25 bits per heavy atom. The average Bonchev–Trinajstić information content (AvgIpc) is 2.42. The SMILES string of the molecule is CC(C)NC(=O)NCSCC(=O)OCc1ccccc1. The fourth-order valence-electron chi connectivity index (χ4n) is 1.34. The lowest BCUT2D eigenvalue weighted by Crippen LogP contribution is -2.39. The highest BCUT2D eigenvalue weighted by atomic mass is 32.2. The minimum atomic E-state index is -0.287. The van der Waals surface area contributed by atoms with Gasteiger partial charge in [0.2, 0.25) is 0 Å². The van der Waals surface area contributed by atoms with Gasteiger partial charge in [-0.3, -0.25) is 4.79 Å². The van der Waals surface area contributed by atoms with E-state index < -0.39 is 0 Å². The Hall–Kier alpha value is -1.69. The van der Waals surface area contributed by atoms with Crippen molar-refractivity contribution >= 4 is 23.8 Å². The second kappa shape index (κ2) is 9.25. The second-order valence-corrected chi connectivity index (χ2v) is 5.43. The molecule has 0 unspecified atom stereocenters. The van der Waals surface area contributed by atoms with Gasteiger partial charge in [-0.2, -0.15) is 0 Å². The van der Waals surface area contributed by atoms with Crippen LogP contribution in [0.4, 0.5) is 4.79 Å². The minimum absolute atomic E-state index is 0.0934. The zero-order chi connectivity index (χ0) is 14.8. The van der Waals surface area contributed by atoms with E-state index in [2.05, 4.69) is 10.6 Å². The molecule has 1 aromatic carbocycles. The molecule has 0 saturated heterocycles. The van der Waals surface area contributed by atoms with E-state index in [1.54, 1.807) is 0 Å². The molecule has 0 saturated carbocycles. The molecule has 6 heteroatoms. The number of carbonyl (C=O) groups excluding carboxylic acids is 2. The number of ether oxygens (including phenoxy) is 1. The third-order valence-corrected chi connectivity index (χ3v) is 3.01. The molecule has 1 aromatic rings. The first-order valence-corrected chi connectivity index (χ1v) is 7.55. The normalized spacial score (nSPS) is 10.2. The van der Waals surface area contributed by atoms with E-state index in [-0.39, 0.29) is 30.4 Å². The van der Waals surface area contributed by atoms with Crippen LogP contribution in [-0.4, -0.2) is 29.7 Å². The summed E-state index contributed by atoms with van der Waals surface area (Å²) in [6.07, 6.45) is 0. The van der Waals surface area contributed by atoms with Crippen molar-refractivity contribution in [3.8, 4) is 0 Å². The Kier molecular flexibility index (Phi) is 7.57. The maximum Gasteiger partial charge on any atom is 0.316 e. The summed E-state index contributed by atoms with van der Waals surface area (Å²) in [4.78, 5) is 22.7. The molecule has 0 aliphatic heterocycles. The van der Waals surface area contributed by atoms with E-state index in [9.17, 15) is 9.59 Å². The first-order chi connectivity index (χ1) is 9.58. The summed E-state index contributed by atoms with van der Waals surface area (Å²) in [5, 5.41) is 5.35. The first kappa shape index (κ1) is 16.4. The van der Waals surface area contributed by atoms with Crippen molar-refractivity contribution in [2.24, 2.45) is 0 Å². The van der Waals surface area contributed by atoms with E-state index in [0.717, 1.165) is 5.56 Å². The Morgan fingerprint density at radius 3 is 2.60 bits per heavy atom. The third kappa shape index (κ3) is 7.68. The summed E-state index contributed by atoms with van der Waals surface area (Å²) in [6, 6.07) is 9.37. The van der Waals surface area contributed by atoms with Crippen molar-refractivity contribution in [1.82, 2.24) is 10.6 Å². The summed E-state index contributed by atoms with van der Waals surface area (Å²) >= 11 is 1.31. The molecule has 0 aliphatic rings. The molecule has 0 aliphatic carbocycles. The smallest absolute Gasteiger partial charge is 0.316 e. The number of amides is 2. The lowest BCUT2D eigenvalue weighted by molar-refractivity contribution is -0.141. The zero-order valence-corrected chi connectivity index (χ0v) is 12.5. The number of nitrogens with one attached hydrogen (secondary N) is 2. The van der Waals surface area contributed by atoms with E-state index in [0.29, 0.717) is 5.88 Å². The van der Waals surface area contributed by atoms with Crippen LogP contribution in [0.5, 0.6) is 0 Å².